The molecule has 0 aliphatic carbocycles. The van der Waals surface area contributed by atoms with E-state index in [1.807, 2.05) is 0 Å². The molecule has 3 N–H and O–H groups in total. The van der Waals surface area contributed by atoms with E-state index in [0.717, 1.165) is 0 Å². The summed E-state index contributed by atoms with van der Waals surface area (Å²) in [6.07, 6.45) is 0. The Morgan fingerprint density at radius 2 is 1.00 bits per heavy atom. The molecule has 0 aliphatic rings. The van der Waals surface area contributed by atoms with Gasteiger partial charge in [0.1, 0.15) is 0 Å². The molecule has 0 aromatic rings. The zero-order chi connectivity index (χ0) is 3.58. The fourth-order valence-corrected chi connectivity index (χ4v) is 0. The summed E-state index contributed by atoms with van der Waals surface area (Å²) in [5, 5.41) is 0. The molecule has 0 aliphatic heterocycles. The minimum absolute atomic E-state index is 0. The molecule has 42 valence electrons. The molecule has 7 heavy (non-hydrogen) atoms. The number of hydrogen-bond acceptors (Lipinski definition) is 3. The van der Waals surface area contributed by atoms with E-state index in [9.17, 15) is 0 Å². The average molecular weight is 197 g/mol. The first-order chi connectivity index (χ1) is 1.73. The van der Waals surface area contributed by atoms with Gasteiger partial charge in [0.2, 0.25) is 0 Å². The van der Waals surface area contributed by atoms with E-state index in [1.165, 1.54) is 0 Å². The van der Waals surface area contributed by atoms with Crippen LogP contribution in [0.25, 0.3) is 0 Å². The van der Waals surface area contributed by atoms with Crippen LogP contribution in [0.5, 0.6) is 0 Å². The maximum absolute atomic E-state index is 7.23. The quantitative estimate of drug-likeness (QED) is 0.273. The third kappa shape index (κ3) is 72.7. The summed E-state index contributed by atoms with van der Waals surface area (Å²) >= 11 is 0. The predicted molar refractivity (Wildman–Crippen MR) is 42.0 cm³/mol. The minimum atomic E-state index is -2.62. The topological polar surface area (TPSA) is 60.7 Å². The zero-order valence-corrected chi connectivity index (χ0v) is 2.68. The van der Waals surface area contributed by atoms with Gasteiger partial charge in [0, 0.05) is 0 Å². The van der Waals surface area contributed by atoms with E-state index in [1.54, 1.807) is 0 Å². The van der Waals surface area contributed by atoms with Gasteiger partial charge in [-0.2, -0.15) is 0 Å². The SMILES string of the molecule is OP(O)O.[AlH3].[GeH4].[LiH]. The van der Waals surface area contributed by atoms with Crippen LogP contribution in [-0.4, -0.2) is 68.5 Å². The predicted octanol–water partition coefficient (Wildman–Crippen LogP) is -4.09. The first kappa shape index (κ1) is 23.1. The van der Waals surface area contributed by atoms with Gasteiger partial charge in [0.05, 0.1) is 0 Å². The molecule has 0 radical (unpaired) electrons. The first-order valence-corrected chi connectivity index (χ1v) is 1.80. The molecule has 0 aromatic carbocycles. The standard InChI is InChI=1S/Al.GeH4.Li.H3O3P.4H/c;;;1-4(2)3;;;;/h;1H4;;1-3H;;;;. The van der Waals surface area contributed by atoms with Crippen LogP contribution in [-0.2, 0) is 0 Å². The van der Waals surface area contributed by atoms with Gasteiger partial charge < -0.3 is 14.7 Å². The molecule has 0 unspecified atom stereocenters. The van der Waals surface area contributed by atoms with Crippen LogP contribution >= 0.6 is 8.60 Å². The summed E-state index contributed by atoms with van der Waals surface area (Å²) in [5.74, 6) is 0. The summed E-state index contributed by atoms with van der Waals surface area (Å²) in [5.41, 5.74) is 0. The van der Waals surface area contributed by atoms with Crippen molar-refractivity contribution in [3.05, 3.63) is 0 Å². The van der Waals surface area contributed by atoms with Gasteiger partial charge in [-0.1, -0.05) is 0 Å². The first-order valence-electron chi connectivity index (χ1n) is 0.600. The van der Waals surface area contributed by atoms with Crippen LogP contribution in [0, 0.1) is 0 Å². The van der Waals surface area contributed by atoms with Crippen LogP contribution in [0.2, 0.25) is 0 Å². The molecule has 0 saturated carbocycles. The van der Waals surface area contributed by atoms with E-state index < -0.39 is 8.60 Å². The Bertz CT molecular complexity index is 19.7. The molecule has 0 spiro atoms. The monoisotopic (exact) mass is 198 g/mol. The fourth-order valence-electron chi connectivity index (χ4n) is 0. The van der Waals surface area contributed by atoms with E-state index in [-0.39, 0.29) is 53.8 Å². The van der Waals surface area contributed by atoms with E-state index >= 15 is 0 Å². The third-order valence-electron chi connectivity index (χ3n) is 0. The molecule has 0 aromatic heterocycles. The zero-order valence-electron chi connectivity index (χ0n) is 1.79. The van der Waals surface area contributed by atoms with Crippen molar-refractivity contribution in [1.29, 1.82) is 0 Å². The molecule has 0 saturated heterocycles. The molecule has 7 heteroatoms. The van der Waals surface area contributed by atoms with Gasteiger partial charge in [0.25, 0.3) is 0 Å². The Kier molecular flexibility index (Phi) is 51.6. The summed E-state index contributed by atoms with van der Waals surface area (Å²) in [6.45, 7) is 0. The average Bonchev–Trinajstić information content (AvgIpc) is 0.811. The number of rotatable bonds is 0. The van der Waals surface area contributed by atoms with Gasteiger partial charge in [-0.25, -0.2) is 0 Å². The van der Waals surface area contributed by atoms with Gasteiger partial charge in [-0.15, -0.1) is 0 Å². The summed E-state index contributed by atoms with van der Waals surface area (Å²) in [4.78, 5) is 21.7. The van der Waals surface area contributed by atoms with Crippen LogP contribution in [0.3, 0.4) is 0 Å². The van der Waals surface area contributed by atoms with Gasteiger partial charge in [-0.3, -0.25) is 0 Å². The molecule has 0 rings (SSSR count). The number of hydrogen-bond donors (Lipinski definition) is 3. The van der Waals surface area contributed by atoms with E-state index in [2.05, 4.69) is 0 Å². The Hall–Kier alpha value is 1.98. The second-order valence-corrected chi connectivity index (χ2v) is 0.805. The molecular weight excluding hydrogens is 186 g/mol. The summed E-state index contributed by atoms with van der Waals surface area (Å²) in [7, 11) is -2.62. The van der Waals surface area contributed by atoms with E-state index in [0.29, 0.717) is 0 Å². The molecule has 3 nitrogen and oxygen atoms in total. The second kappa shape index (κ2) is 15.7. The Morgan fingerprint density at radius 3 is 1.00 bits per heavy atom. The molecule has 0 bridgehead atoms. The summed E-state index contributed by atoms with van der Waals surface area (Å²) < 4.78 is 0. The molecule has 0 heterocycles. The van der Waals surface area contributed by atoms with Crippen molar-refractivity contribution in [3.63, 3.8) is 0 Å². The van der Waals surface area contributed by atoms with Crippen LogP contribution < -0.4 is 0 Å². The van der Waals surface area contributed by atoms with Crippen LogP contribution in [0.4, 0.5) is 0 Å². The Labute approximate surface area is 76.8 Å². The Morgan fingerprint density at radius 1 is 1.00 bits per heavy atom. The van der Waals surface area contributed by atoms with Crippen molar-refractivity contribution in [2.75, 3.05) is 0 Å². The van der Waals surface area contributed by atoms with Crippen molar-refractivity contribution in [2.24, 2.45) is 0 Å². The van der Waals surface area contributed by atoms with Crippen molar-refractivity contribution >= 4 is 62.4 Å². The second-order valence-electron chi connectivity index (χ2n) is 0.268. The van der Waals surface area contributed by atoms with Gasteiger partial charge in [0.15, 0.2) is 17.4 Å². The molecular formula is H11AlGeLiO3P. The third-order valence-corrected chi connectivity index (χ3v) is 0. The van der Waals surface area contributed by atoms with Crippen LogP contribution in [0.1, 0.15) is 0 Å². The van der Waals surface area contributed by atoms with Crippen molar-refractivity contribution < 1.29 is 14.7 Å². The molecule has 0 amide bonds. The van der Waals surface area contributed by atoms with Gasteiger partial charge in [-0.05, 0) is 0 Å². The summed E-state index contributed by atoms with van der Waals surface area (Å²) in [6, 6.07) is 0. The maximum atomic E-state index is 7.23. The van der Waals surface area contributed by atoms with Gasteiger partial charge >= 0.3 is 45.1 Å². The normalized spacial score (nSPS) is 5.14. The van der Waals surface area contributed by atoms with E-state index in [4.69, 9.17) is 14.7 Å². The fraction of sp³-hybridized carbons (Fsp3) is 0. The van der Waals surface area contributed by atoms with Crippen molar-refractivity contribution in [2.45, 2.75) is 0 Å². The van der Waals surface area contributed by atoms with Crippen molar-refractivity contribution in [3.8, 4) is 0 Å². The van der Waals surface area contributed by atoms with Crippen LogP contribution in [0.15, 0.2) is 0 Å². The van der Waals surface area contributed by atoms with Crippen molar-refractivity contribution in [1.82, 2.24) is 0 Å². The Balaban J connectivity index is -0.0000000150. The molecule has 0 atom stereocenters. The molecule has 0 fully saturated rings.